The molecule has 0 heterocycles. The molecular weight excluding hydrogens is 238 g/mol. The summed E-state index contributed by atoms with van der Waals surface area (Å²) >= 11 is 0. The smallest absolute Gasteiger partial charge is 0.175 e. The Morgan fingerprint density at radius 3 is 2.35 bits per heavy atom. The van der Waals surface area contributed by atoms with Crippen LogP contribution in [0.1, 0.15) is 12.8 Å². The maximum Gasteiger partial charge on any atom is 0.175 e. The summed E-state index contributed by atoms with van der Waals surface area (Å²) in [6.45, 7) is 1.64. The molecule has 0 aliphatic rings. The molecule has 1 rings (SSSR count). The first-order valence-electron chi connectivity index (χ1n) is 5.57. The van der Waals surface area contributed by atoms with Crippen molar-refractivity contribution in [2.75, 3.05) is 31.8 Å². The van der Waals surface area contributed by atoms with Crippen LogP contribution in [0.4, 0.5) is 5.69 Å². The quantitative estimate of drug-likeness (QED) is 0.758. The van der Waals surface area contributed by atoms with E-state index < -0.39 is 9.84 Å². The fourth-order valence-electron chi connectivity index (χ4n) is 1.42. The standard InChI is InChI=1S/C12H19NO3S/c1-16-10-4-3-9-13-11-5-7-12(8-6-11)17(2,14)15/h5-8,13H,3-4,9-10H2,1-2H3. The van der Waals surface area contributed by atoms with Crippen LogP contribution in [-0.4, -0.2) is 34.9 Å². The van der Waals surface area contributed by atoms with Gasteiger partial charge in [0.05, 0.1) is 4.90 Å². The first kappa shape index (κ1) is 14.0. The number of hydrogen-bond donors (Lipinski definition) is 1. The van der Waals surface area contributed by atoms with Crippen LogP contribution in [0.5, 0.6) is 0 Å². The van der Waals surface area contributed by atoms with Crippen molar-refractivity contribution in [3.8, 4) is 0 Å². The number of sulfone groups is 1. The summed E-state index contributed by atoms with van der Waals surface area (Å²) in [6, 6.07) is 6.80. The van der Waals surface area contributed by atoms with Crippen molar-refractivity contribution in [1.82, 2.24) is 0 Å². The average molecular weight is 257 g/mol. The minimum Gasteiger partial charge on any atom is -0.385 e. The lowest BCUT2D eigenvalue weighted by Gasteiger charge is -2.06. The molecule has 0 spiro atoms. The first-order chi connectivity index (χ1) is 8.04. The lowest BCUT2D eigenvalue weighted by Crippen LogP contribution is -2.03. The molecule has 0 aromatic heterocycles. The van der Waals surface area contributed by atoms with Gasteiger partial charge in [0.15, 0.2) is 9.84 Å². The molecule has 0 amide bonds. The summed E-state index contributed by atoms with van der Waals surface area (Å²) in [4.78, 5) is 0.349. The van der Waals surface area contributed by atoms with Crippen LogP contribution in [0.3, 0.4) is 0 Å². The summed E-state index contributed by atoms with van der Waals surface area (Å²) < 4.78 is 27.4. The normalized spacial score (nSPS) is 11.4. The molecule has 4 nitrogen and oxygen atoms in total. The van der Waals surface area contributed by atoms with Gasteiger partial charge in [0.1, 0.15) is 0 Å². The number of rotatable bonds is 7. The zero-order chi connectivity index (χ0) is 12.7. The highest BCUT2D eigenvalue weighted by molar-refractivity contribution is 7.90. The second kappa shape index (κ2) is 6.61. The number of unbranched alkanes of at least 4 members (excludes halogenated alkanes) is 1. The second-order valence-corrected chi connectivity index (χ2v) is 5.94. The van der Waals surface area contributed by atoms with Crippen molar-refractivity contribution in [2.45, 2.75) is 17.7 Å². The number of benzene rings is 1. The molecule has 0 bridgehead atoms. The van der Waals surface area contributed by atoms with Crippen molar-refractivity contribution < 1.29 is 13.2 Å². The predicted octanol–water partition coefficient (Wildman–Crippen LogP) is 1.93. The van der Waals surface area contributed by atoms with Crippen LogP contribution >= 0.6 is 0 Å². The van der Waals surface area contributed by atoms with Gasteiger partial charge in [-0.05, 0) is 37.1 Å². The van der Waals surface area contributed by atoms with Crippen molar-refractivity contribution in [3.63, 3.8) is 0 Å². The first-order valence-corrected chi connectivity index (χ1v) is 7.46. The molecule has 0 saturated heterocycles. The van der Waals surface area contributed by atoms with E-state index in [0.717, 1.165) is 31.7 Å². The van der Waals surface area contributed by atoms with Crippen LogP contribution in [0.15, 0.2) is 29.2 Å². The van der Waals surface area contributed by atoms with E-state index in [1.54, 1.807) is 31.4 Å². The van der Waals surface area contributed by atoms with E-state index in [1.807, 2.05) is 0 Å². The molecule has 0 atom stereocenters. The highest BCUT2D eigenvalue weighted by Gasteiger charge is 2.05. The van der Waals surface area contributed by atoms with Gasteiger partial charge in [0.2, 0.25) is 0 Å². The third-order valence-electron chi connectivity index (χ3n) is 2.39. The highest BCUT2D eigenvalue weighted by atomic mass is 32.2. The van der Waals surface area contributed by atoms with Gasteiger partial charge in [0.25, 0.3) is 0 Å². The van der Waals surface area contributed by atoms with Gasteiger partial charge in [0, 0.05) is 32.2 Å². The SMILES string of the molecule is COCCCCNc1ccc(S(C)(=O)=O)cc1. The largest absolute Gasteiger partial charge is 0.385 e. The van der Waals surface area contributed by atoms with E-state index >= 15 is 0 Å². The van der Waals surface area contributed by atoms with E-state index in [9.17, 15) is 8.42 Å². The monoisotopic (exact) mass is 257 g/mol. The second-order valence-electron chi connectivity index (χ2n) is 3.92. The minimum absolute atomic E-state index is 0.349. The topological polar surface area (TPSA) is 55.4 Å². The summed E-state index contributed by atoms with van der Waals surface area (Å²) in [7, 11) is -1.40. The Morgan fingerprint density at radius 2 is 1.82 bits per heavy atom. The van der Waals surface area contributed by atoms with Crippen LogP contribution in [0.2, 0.25) is 0 Å². The molecule has 1 aromatic carbocycles. The van der Waals surface area contributed by atoms with Crippen molar-refractivity contribution >= 4 is 15.5 Å². The molecule has 0 fully saturated rings. The highest BCUT2D eigenvalue weighted by Crippen LogP contribution is 2.13. The van der Waals surface area contributed by atoms with Crippen molar-refractivity contribution in [1.29, 1.82) is 0 Å². The van der Waals surface area contributed by atoms with Gasteiger partial charge in [-0.3, -0.25) is 0 Å². The Labute approximate surface area is 103 Å². The third kappa shape index (κ3) is 5.19. The molecular formula is C12H19NO3S. The Balaban J connectivity index is 2.41. The van der Waals surface area contributed by atoms with E-state index in [2.05, 4.69) is 5.32 Å². The van der Waals surface area contributed by atoms with Gasteiger partial charge < -0.3 is 10.1 Å². The van der Waals surface area contributed by atoms with Crippen LogP contribution < -0.4 is 5.32 Å². The number of nitrogens with one attached hydrogen (secondary N) is 1. The van der Waals surface area contributed by atoms with E-state index in [-0.39, 0.29) is 0 Å². The molecule has 96 valence electrons. The van der Waals surface area contributed by atoms with Gasteiger partial charge in [-0.15, -0.1) is 0 Å². The molecule has 1 N–H and O–H groups in total. The number of methoxy groups -OCH3 is 1. The van der Waals surface area contributed by atoms with E-state index in [4.69, 9.17) is 4.74 Å². The number of anilines is 1. The van der Waals surface area contributed by atoms with Crippen molar-refractivity contribution in [3.05, 3.63) is 24.3 Å². The summed E-state index contributed by atoms with van der Waals surface area (Å²) in [6.07, 6.45) is 3.26. The molecule has 17 heavy (non-hydrogen) atoms. The lowest BCUT2D eigenvalue weighted by atomic mass is 10.3. The number of ether oxygens (including phenoxy) is 1. The lowest BCUT2D eigenvalue weighted by molar-refractivity contribution is 0.194. The Hall–Kier alpha value is -1.07. The fraction of sp³-hybridized carbons (Fsp3) is 0.500. The average Bonchev–Trinajstić information content (AvgIpc) is 2.28. The number of hydrogen-bond acceptors (Lipinski definition) is 4. The van der Waals surface area contributed by atoms with Crippen molar-refractivity contribution in [2.24, 2.45) is 0 Å². The maximum absolute atomic E-state index is 11.2. The molecule has 0 saturated carbocycles. The fourth-order valence-corrected chi connectivity index (χ4v) is 2.05. The summed E-state index contributed by atoms with van der Waals surface area (Å²) in [5, 5.41) is 3.23. The predicted molar refractivity (Wildman–Crippen MR) is 69.2 cm³/mol. The molecule has 0 radical (unpaired) electrons. The van der Waals surface area contributed by atoms with Gasteiger partial charge in [-0.25, -0.2) is 8.42 Å². The zero-order valence-corrected chi connectivity index (χ0v) is 11.1. The van der Waals surface area contributed by atoms with Gasteiger partial charge in [-0.2, -0.15) is 0 Å². The molecule has 1 aromatic rings. The maximum atomic E-state index is 11.2. The molecule has 0 aliphatic heterocycles. The molecule has 0 aliphatic carbocycles. The zero-order valence-electron chi connectivity index (χ0n) is 10.3. The van der Waals surface area contributed by atoms with E-state index in [1.165, 1.54) is 6.26 Å². The Kier molecular flexibility index (Phi) is 5.44. The Bertz CT molecular complexity index is 426. The van der Waals surface area contributed by atoms with E-state index in [0.29, 0.717) is 4.90 Å². The van der Waals surface area contributed by atoms with Crippen LogP contribution in [0, 0.1) is 0 Å². The van der Waals surface area contributed by atoms with Gasteiger partial charge >= 0.3 is 0 Å². The molecule has 0 unspecified atom stereocenters. The summed E-state index contributed by atoms with van der Waals surface area (Å²) in [5.74, 6) is 0. The Morgan fingerprint density at radius 1 is 1.18 bits per heavy atom. The molecule has 5 heteroatoms. The third-order valence-corrected chi connectivity index (χ3v) is 3.52. The minimum atomic E-state index is -3.10. The van der Waals surface area contributed by atoms with Gasteiger partial charge in [-0.1, -0.05) is 0 Å². The summed E-state index contributed by atoms with van der Waals surface area (Å²) in [5.41, 5.74) is 0.940. The van der Waals surface area contributed by atoms with Crippen LogP contribution in [-0.2, 0) is 14.6 Å². The van der Waals surface area contributed by atoms with Crippen LogP contribution in [0.25, 0.3) is 0 Å².